The third-order valence-electron chi connectivity index (χ3n) is 7.69. The molecule has 1 spiro atoms. The average molecular weight is 520 g/mol. The van der Waals surface area contributed by atoms with E-state index in [0.29, 0.717) is 32.2 Å². The number of ether oxygens (including phenoxy) is 2. The molecule has 2 bridgehead atoms. The van der Waals surface area contributed by atoms with Gasteiger partial charge in [-0.3, -0.25) is 19.2 Å². The van der Waals surface area contributed by atoms with Crippen molar-refractivity contribution in [1.82, 2.24) is 15.1 Å². The standard InChI is InChI=1S/C27H41N3O7/c1-7-9-10-20(32)28-14-18(6)36-26(35)21-19-11-12-27(37-19)22(21)24(33)30(17(5)15-31)23(27)25(34)29(13-8-2)16(3)4/h7-8,16-19,21-23,31H,1-2,9-15H2,3-6H3,(H,28,32)/t17-,18-,19+,21-,22-,23+,27-/m1/s1. The maximum absolute atomic E-state index is 13.9. The number of hydrogen-bond donors (Lipinski definition) is 2. The zero-order chi connectivity index (χ0) is 27.5. The van der Waals surface area contributed by atoms with Crippen molar-refractivity contribution in [3.63, 3.8) is 0 Å². The first-order valence-corrected chi connectivity index (χ1v) is 13.1. The van der Waals surface area contributed by atoms with Crippen LogP contribution in [0.5, 0.6) is 0 Å². The van der Waals surface area contributed by atoms with Crippen molar-refractivity contribution in [2.24, 2.45) is 11.8 Å². The molecule has 10 heteroatoms. The first-order valence-electron chi connectivity index (χ1n) is 13.1. The SMILES string of the molecule is C=CCCC(=O)NC[C@@H](C)OC(=O)[C@@H]1[C@@H]2CC[C@]3(O2)[C@H](C(=O)N(CC=C)C(C)C)N([C@H](C)CO)C(=O)[C@@H]13. The largest absolute Gasteiger partial charge is 0.460 e. The van der Waals surface area contributed by atoms with E-state index in [1.165, 1.54) is 4.90 Å². The number of nitrogens with zero attached hydrogens (tertiary/aromatic N) is 2. The molecule has 3 aliphatic rings. The van der Waals surface area contributed by atoms with Crippen LogP contribution in [0, 0.1) is 11.8 Å². The van der Waals surface area contributed by atoms with E-state index in [-0.39, 0.29) is 36.9 Å². The van der Waals surface area contributed by atoms with Gasteiger partial charge >= 0.3 is 5.97 Å². The van der Waals surface area contributed by atoms with Crippen LogP contribution in [0.3, 0.4) is 0 Å². The molecule has 0 aromatic carbocycles. The van der Waals surface area contributed by atoms with Gasteiger partial charge in [0.05, 0.1) is 37.1 Å². The van der Waals surface area contributed by atoms with Gasteiger partial charge in [0.2, 0.25) is 17.7 Å². The van der Waals surface area contributed by atoms with E-state index < -0.39 is 47.7 Å². The molecule has 0 aromatic rings. The van der Waals surface area contributed by atoms with Crippen LogP contribution >= 0.6 is 0 Å². The Labute approximate surface area is 219 Å². The van der Waals surface area contributed by atoms with Gasteiger partial charge in [-0.15, -0.1) is 13.2 Å². The van der Waals surface area contributed by atoms with E-state index in [1.54, 1.807) is 30.9 Å². The van der Waals surface area contributed by atoms with Crippen LogP contribution in [0.2, 0.25) is 0 Å². The summed E-state index contributed by atoms with van der Waals surface area (Å²) in [6.45, 7) is 14.6. The smallest absolute Gasteiger partial charge is 0.312 e. The number of carbonyl (C=O) groups excluding carboxylic acids is 4. The highest BCUT2D eigenvalue weighted by molar-refractivity contribution is 5.98. The van der Waals surface area contributed by atoms with Gasteiger partial charge in [-0.25, -0.2) is 0 Å². The van der Waals surface area contributed by atoms with Crippen molar-refractivity contribution in [2.75, 3.05) is 19.7 Å². The van der Waals surface area contributed by atoms with Gasteiger partial charge in [0, 0.05) is 19.0 Å². The Morgan fingerprint density at radius 3 is 2.57 bits per heavy atom. The normalized spacial score (nSPS) is 29.6. The minimum absolute atomic E-state index is 0.142. The highest BCUT2D eigenvalue weighted by Gasteiger charge is 2.75. The molecule has 0 saturated carbocycles. The van der Waals surface area contributed by atoms with Gasteiger partial charge in [0.15, 0.2) is 0 Å². The third kappa shape index (κ3) is 5.31. The Balaban J connectivity index is 1.84. The number of nitrogens with one attached hydrogen (secondary N) is 1. The number of likely N-dealkylation sites (tertiary alicyclic amines) is 1. The van der Waals surface area contributed by atoms with Crippen molar-refractivity contribution in [2.45, 2.75) is 89.3 Å². The summed E-state index contributed by atoms with van der Waals surface area (Å²) in [6.07, 6.45) is 3.97. The Morgan fingerprint density at radius 1 is 1.27 bits per heavy atom. The fourth-order valence-corrected chi connectivity index (χ4v) is 5.95. The molecule has 0 unspecified atom stereocenters. The zero-order valence-electron chi connectivity index (χ0n) is 22.4. The second-order valence-corrected chi connectivity index (χ2v) is 10.6. The number of aliphatic hydroxyl groups excluding tert-OH is 1. The lowest BCUT2D eigenvalue weighted by atomic mass is 9.70. The molecule has 7 atom stereocenters. The number of amides is 3. The van der Waals surface area contributed by atoms with E-state index >= 15 is 0 Å². The Kier molecular flexibility index (Phi) is 9.18. The summed E-state index contributed by atoms with van der Waals surface area (Å²) in [4.78, 5) is 56.0. The molecule has 2 N–H and O–H groups in total. The molecule has 3 saturated heterocycles. The number of hydrogen-bond acceptors (Lipinski definition) is 7. The van der Waals surface area contributed by atoms with E-state index in [9.17, 15) is 24.3 Å². The molecule has 3 fully saturated rings. The monoisotopic (exact) mass is 519 g/mol. The van der Waals surface area contributed by atoms with E-state index in [2.05, 4.69) is 18.5 Å². The van der Waals surface area contributed by atoms with Gasteiger partial charge in [-0.05, 0) is 47.0 Å². The van der Waals surface area contributed by atoms with Crippen LogP contribution in [0.1, 0.15) is 53.4 Å². The minimum Gasteiger partial charge on any atom is -0.460 e. The highest BCUT2D eigenvalue weighted by atomic mass is 16.6. The van der Waals surface area contributed by atoms with Crippen molar-refractivity contribution >= 4 is 23.7 Å². The fourth-order valence-electron chi connectivity index (χ4n) is 5.95. The third-order valence-corrected chi connectivity index (χ3v) is 7.69. The Morgan fingerprint density at radius 2 is 1.97 bits per heavy atom. The molecule has 0 aliphatic carbocycles. The first-order chi connectivity index (χ1) is 17.5. The topological polar surface area (TPSA) is 125 Å². The lowest BCUT2D eigenvalue weighted by Crippen LogP contribution is -2.59. The van der Waals surface area contributed by atoms with E-state index in [4.69, 9.17) is 9.47 Å². The maximum atomic E-state index is 13.9. The predicted octanol–water partition coefficient (Wildman–Crippen LogP) is 1.18. The summed E-state index contributed by atoms with van der Waals surface area (Å²) in [5.41, 5.74) is -1.16. The maximum Gasteiger partial charge on any atom is 0.312 e. The van der Waals surface area contributed by atoms with Crippen molar-refractivity contribution in [1.29, 1.82) is 0 Å². The number of fused-ring (bicyclic) bond motifs is 1. The second-order valence-electron chi connectivity index (χ2n) is 10.6. The molecule has 10 nitrogen and oxygen atoms in total. The first kappa shape index (κ1) is 28.8. The molecule has 37 heavy (non-hydrogen) atoms. The van der Waals surface area contributed by atoms with Crippen LogP contribution in [0.25, 0.3) is 0 Å². The van der Waals surface area contributed by atoms with Crippen molar-refractivity contribution in [3.8, 4) is 0 Å². The summed E-state index contributed by atoms with van der Waals surface area (Å²) in [5.74, 6) is -3.14. The molecule has 3 heterocycles. The Hall–Kier alpha value is -2.72. The van der Waals surface area contributed by atoms with Gasteiger partial charge in [0.1, 0.15) is 17.7 Å². The highest BCUT2D eigenvalue weighted by Crippen LogP contribution is 2.59. The zero-order valence-corrected chi connectivity index (χ0v) is 22.4. The number of carbonyl (C=O) groups is 4. The van der Waals surface area contributed by atoms with Crippen LogP contribution in [-0.4, -0.2) is 94.2 Å². The summed E-state index contributed by atoms with van der Waals surface area (Å²) in [6, 6.07) is -1.74. The Bertz CT molecular complexity index is 922. The average Bonchev–Trinajstić information content (AvgIpc) is 3.50. The van der Waals surface area contributed by atoms with Crippen LogP contribution < -0.4 is 5.32 Å². The molecule has 0 radical (unpaired) electrons. The summed E-state index contributed by atoms with van der Waals surface area (Å²) >= 11 is 0. The molecular weight excluding hydrogens is 478 g/mol. The minimum atomic E-state index is -1.16. The molecule has 3 rings (SSSR count). The number of allylic oxidation sites excluding steroid dienone is 1. The molecule has 3 amide bonds. The van der Waals surface area contributed by atoms with Gasteiger partial charge in [0.25, 0.3) is 0 Å². The molecular formula is C27H41N3O7. The van der Waals surface area contributed by atoms with Crippen molar-refractivity contribution < 1.29 is 33.8 Å². The number of esters is 1. The summed E-state index contributed by atoms with van der Waals surface area (Å²) < 4.78 is 12.0. The van der Waals surface area contributed by atoms with Gasteiger partial charge < -0.3 is 29.7 Å². The summed E-state index contributed by atoms with van der Waals surface area (Å²) in [7, 11) is 0. The van der Waals surface area contributed by atoms with E-state index in [0.717, 1.165) is 0 Å². The van der Waals surface area contributed by atoms with Gasteiger partial charge in [-0.2, -0.15) is 0 Å². The molecule has 0 aromatic heterocycles. The summed E-state index contributed by atoms with van der Waals surface area (Å²) in [5, 5.41) is 12.7. The number of aliphatic hydroxyl groups is 1. The molecule has 206 valence electrons. The van der Waals surface area contributed by atoms with Crippen molar-refractivity contribution in [3.05, 3.63) is 25.3 Å². The lowest BCUT2D eigenvalue weighted by molar-refractivity contribution is -0.160. The van der Waals surface area contributed by atoms with E-state index in [1.807, 2.05) is 13.8 Å². The molecule has 3 aliphatic heterocycles. The number of rotatable bonds is 13. The van der Waals surface area contributed by atoms with Crippen LogP contribution in [0.4, 0.5) is 0 Å². The van der Waals surface area contributed by atoms with Gasteiger partial charge in [-0.1, -0.05) is 12.2 Å². The van der Waals surface area contributed by atoms with Crippen LogP contribution in [0.15, 0.2) is 25.3 Å². The van der Waals surface area contributed by atoms with Crippen LogP contribution in [-0.2, 0) is 28.7 Å². The second kappa shape index (κ2) is 11.8. The lowest BCUT2D eigenvalue weighted by Gasteiger charge is -2.39. The quantitative estimate of drug-likeness (QED) is 0.276. The fraction of sp³-hybridized carbons (Fsp3) is 0.704. The predicted molar refractivity (Wildman–Crippen MR) is 136 cm³/mol.